The van der Waals surface area contributed by atoms with Crippen LogP contribution in [0.2, 0.25) is 0 Å². The average Bonchev–Trinajstić information content (AvgIpc) is 3.38. The predicted molar refractivity (Wildman–Crippen MR) is 113 cm³/mol. The van der Waals surface area contributed by atoms with Crippen molar-refractivity contribution in [1.29, 1.82) is 0 Å². The molecule has 0 fully saturated rings. The number of hydrogen-bond acceptors (Lipinski definition) is 3. The molecular formula is C23H20N2O3S. The standard InChI is InChI=1S/C23H20N2O3S/c26-23(24-15-13-17-5-1-3-7-21(17)24)19-9-11-20(12-10-19)29(27,28)25-16-14-18-6-2-4-8-22(18)25/h1-12H,13-16H2. The molecule has 0 atom stereocenters. The lowest BCUT2D eigenvalue weighted by atomic mass is 10.1. The molecule has 0 spiro atoms. The Morgan fingerprint density at radius 1 is 0.724 bits per heavy atom. The number of amides is 1. The first-order valence-electron chi connectivity index (χ1n) is 9.66. The molecule has 29 heavy (non-hydrogen) atoms. The van der Waals surface area contributed by atoms with Crippen molar-refractivity contribution in [3.05, 3.63) is 89.5 Å². The van der Waals surface area contributed by atoms with Crippen LogP contribution in [-0.2, 0) is 22.9 Å². The highest BCUT2D eigenvalue weighted by atomic mass is 32.2. The zero-order valence-corrected chi connectivity index (χ0v) is 16.6. The van der Waals surface area contributed by atoms with Crippen molar-refractivity contribution in [1.82, 2.24) is 0 Å². The van der Waals surface area contributed by atoms with Crippen LogP contribution in [-0.4, -0.2) is 27.4 Å². The first kappa shape index (κ1) is 17.9. The van der Waals surface area contributed by atoms with E-state index < -0.39 is 10.0 Å². The summed E-state index contributed by atoms with van der Waals surface area (Å²) in [6.07, 6.45) is 1.54. The van der Waals surface area contributed by atoms with Gasteiger partial charge in [-0.25, -0.2) is 8.42 Å². The summed E-state index contributed by atoms with van der Waals surface area (Å²) in [5, 5.41) is 0. The molecule has 2 heterocycles. The molecule has 0 saturated carbocycles. The third-order valence-corrected chi connectivity index (χ3v) is 7.49. The third-order valence-electron chi connectivity index (χ3n) is 5.67. The van der Waals surface area contributed by atoms with E-state index in [1.165, 1.54) is 16.4 Å². The van der Waals surface area contributed by atoms with Crippen LogP contribution in [0.4, 0.5) is 11.4 Å². The van der Waals surface area contributed by atoms with Crippen LogP contribution in [0.15, 0.2) is 77.7 Å². The Morgan fingerprint density at radius 2 is 1.31 bits per heavy atom. The Bertz CT molecular complexity index is 1200. The van der Waals surface area contributed by atoms with Gasteiger partial charge in [-0.1, -0.05) is 36.4 Å². The zero-order chi connectivity index (χ0) is 20.0. The Balaban J connectivity index is 1.42. The second-order valence-corrected chi connectivity index (χ2v) is 9.18. The number of rotatable bonds is 3. The molecule has 0 aromatic heterocycles. The summed E-state index contributed by atoms with van der Waals surface area (Å²) in [4.78, 5) is 14.9. The summed E-state index contributed by atoms with van der Waals surface area (Å²) in [5.41, 5.74) is 4.36. The molecule has 0 radical (unpaired) electrons. The molecule has 3 aromatic rings. The Kier molecular flexibility index (Phi) is 4.17. The first-order valence-corrected chi connectivity index (χ1v) is 11.1. The molecule has 2 aliphatic rings. The molecule has 2 aliphatic heterocycles. The highest BCUT2D eigenvalue weighted by Gasteiger charge is 2.31. The first-order chi connectivity index (χ1) is 14.1. The van der Waals surface area contributed by atoms with E-state index in [1.54, 1.807) is 17.0 Å². The van der Waals surface area contributed by atoms with Crippen LogP contribution in [0.1, 0.15) is 21.5 Å². The van der Waals surface area contributed by atoms with Crippen molar-refractivity contribution in [3.63, 3.8) is 0 Å². The lowest BCUT2D eigenvalue weighted by Gasteiger charge is -2.20. The third kappa shape index (κ3) is 2.91. The van der Waals surface area contributed by atoms with Crippen LogP contribution in [0.5, 0.6) is 0 Å². The van der Waals surface area contributed by atoms with E-state index in [1.807, 2.05) is 48.5 Å². The molecule has 6 heteroatoms. The molecule has 1 amide bonds. The Morgan fingerprint density at radius 3 is 2.03 bits per heavy atom. The van der Waals surface area contributed by atoms with Gasteiger partial charge in [-0.15, -0.1) is 0 Å². The molecule has 0 aliphatic carbocycles. The summed E-state index contributed by atoms with van der Waals surface area (Å²) in [6.45, 7) is 1.08. The number of hydrogen-bond donors (Lipinski definition) is 0. The van der Waals surface area contributed by atoms with Gasteiger partial charge in [0.25, 0.3) is 15.9 Å². The highest BCUT2D eigenvalue weighted by molar-refractivity contribution is 7.92. The van der Waals surface area contributed by atoms with Crippen molar-refractivity contribution < 1.29 is 13.2 Å². The van der Waals surface area contributed by atoms with E-state index in [0.29, 0.717) is 25.1 Å². The van der Waals surface area contributed by atoms with Gasteiger partial charge in [0.2, 0.25) is 0 Å². The fourth-order valence-electron chi connectivity index (χ4n) is 4.16. The van der Waals surface area contributed by atoms with E-state index in [0.717, 1.165) is 28.9 Å². The molecule has 5 rings (SSSR count). The number of anilines is 2. The van der Waals surface area contributed by atoms with Crippen LogP contribution < -0.4 is 9.21 Å². The van der Waals surface area contributed by atoms with Gasteiger partial charge in [-0.2, -0.15) is 0 Å². The average molecular weight is 404 g/mol. The second kappa shape index (κ2) is 6.74. The molecule has 0 saturated heterocycles. The predicted octanol–water partition coefficient (Wildman–Crippen LogP) is 3.64. The Hall–Kier alpha value is -3.12. The minimum atomic E-state index is -3.65. The van der Waals surface area contributed by atoms with E-state index >= 15 is 0 Å². The van der Waals surface area contributed by atoms with Gasteiger partial charge < -0.3 is 4.90 Å². The number of benzene rings is 3. The normalized spacial score (nSPS) is 15.3. The van der Waals surface area contributed by atoms with E-state index in [2.05, 4.69) is 0 Å². The van der Waals surface area contributed by atoms with Gasteiger partial charge in [-0.05, 0) is 60.4 Å². The van der Waals surface area contributed by atoms with Gasteiger partial charge in [0.15, 0.2) is 0 Å². The minimum Gasteiger partial charge on any atom is -0.308 e. The van der Waals surface area contributed by atoms with Gasteiger partial charge in [0.1, 0.15) is 0 Å². The van der Waals surface area contributed by atoms with Crippen molar-refractivity contribution in [2.75, 3.05) is 22.3 Å². The summed E-state index contributed by atoms with van der Waals surface area (Å²) >= 11 is 0. The van der Waals surface area contributed by atoms with E-state index in [4.69, 9.17) is 0 Å². The summed E-state index contributed by atoms with van der Waals surface area (Å²) in [5.74, 6) is -0.106. The van der Waals surface area contributed by atoms with Crippen molar-refractivity contribution in [2.24, 2.45) is 0 Å². The van der Waals surface area contributed by atoms with Crippen LogP contribution >= 0.6 is 0 Å². The quantitative estimate of drug-likeness (QED) is 0.670. The lowest BCUT2D eigenvalue weighted by molar-refractivity contribution is 0.0989. The molecule has 0 unspecified atom stereocenters. The van der Waals surface area contributed by atoms with Gasteiger partial charge in [0, 0.05) is 24.3 Å². The number of carbonyl (C=O) groups is 1. The number of fused-ring (bicyclic) bond motifs is 2. The largest absolute Gasteiger partial charge is 0.308 e. The smallest absolute Gasteiger partial charge is 0.264 e. The fourth-order valence-corrected chi connectivity index (χ4v) is 5.66. The molecule has 0 bridgehead atoms. The zero-order valence-electron chi connectivity index (χ0n) is 15.8. The van der Waals surface area contributed by atoms with Crippen LogP contribution in [0, 0.1) is 0 Å². The molecule has 5 nitrogen and oxygen atoms in total. The number of sulfonamides is 1. The maximum Gasteiger partial charge on any atom is 0.264 e. The lowest BCUT2D eigenvalue weighted by Crippen LogP contribution is -2.30. The molecule has 0 N–H and O–H groups in total. The molecular weight excluding hydrogens is 384 g/mol. The van der Waals surface area contributed by atoms with Crippen LogP contribution in [0.25, 0.3) is 0 Å². The van der Waals surface area contributed by atoms with Gasteiger partial charge >= 0.3 is 0 Å². The molecule has 146 valence electrons. The number of carbonyl (C=O) groups excluding carboxylic acids is 1. The van der Waals surface area contributed by atoms with Gasteiger partial charge in [-0.3, -0.25) is 9.10 Å². The maximum atomic E-state index is 13.1. The monoisotopic (exact) mass is 404 g/mol. The summed E-state index contributed by atoms with van der Waals surface area (Å²) in [6, 6.07) is 21.7. The van der Waals surface area contributed by atoms with Crippen LogP contribution in [0.3, 0.4) is 0 Å². The highest BCUT2D eigenvalue weighted by Crippen LogP contribution is 2.33. The van der Waals surface area contributed by atoms with E-state index in [-0.39, 0.29) is 10.8 Å². The van der Waals surface area contributed by atoms with Gasteiger partial charge in [0.05, 0.1) is 10.6 Å². The second-order valence-electron chi connectivity index (χ2n) is 7.32. The summed E-state index contributed by atoms with van der Waals surface area (Å²) < 4.78 is 27.7. The Labute approximate surface area is 170 Å². The SMILES string of the molecule is O=C(c1ccc(S(=O)(=O)N2CCc3ccccc32)cc1)N1CCc2ccccc21. The summed E-state index contributed by atoms with van der Waals surface area (Å²) in [7, 11) is -3.65. The number of nitrogens with zero attached hydrogens (tertiary/aromatic N) is 2. The minimum absolute atomic E-state index is 0.106. The van der Waals surface area contributed by atoms with Crippen molar-refractivity contribution in [2.45, 2.75) is 17.7 Å². The molecule has 3 aromatic carbocycles. The fraction of sp³-hybridized carbons (Fsp3) is 0.174. The topological polar surface area (TPSA) is 57.7 Å². The number of para-hydroxylation sites is 2. The maximum absolute atomic E-state index is 13.1. The van der Waals surface area contributed by atoms with Crippen molar-refractivity contribution >= 4 is 27.3 Å². The van der Waals surface area contributed by atoms with Crippen molar-refractivity contribution in [3.8, 4) is 0 Å². The van der Waals surface area contributed by atoms with E-state index in [9.17, 15) is 13.2 Å².